The van der Waals surface area contributed by atoms with Gasteiger partial charge in [-0.25, -0.2) is 4.79 Å². The van der Waals surface area contributed by atoms with E-state index in [1.165, 1.54) is 11.3 Å². The Labute approximate surface area is 162 Å². The van der Waals surface area contributed by atoms with Gasteiger partial charge in [-0.3, -0.25) is 5.32 Å². The number of carbonyl (C=O) groups excluding carboxylic acids is 1. The van der Waals surface area contributed by atoms with E-state index in [0.717, 1.165) is 10.6 Å². The fourth-order valence-corrected chi connectivity index (χ4v) is 3.45. The van der Waals surface area contributed by atoms with Crippen molar-refractivity contribution in [2.24, 2.45) is 0 Å². The minimum Gasteiger partial charge on any atom is -0.308 e. The Balaban J connectivity index is 1.62. The molecule has 1 aromatic heterocycles. The summed E-state index contributed by atoms with van der Waals surface area (Å²) in [5.41, 5.74) is 1.47. The monoisotopic (exact) mass is 412 g/mol. The minimum atomic E-state index is -0.422. The summed E-state index contributed by atoms with van der Waals surface area (Å²) in [6.07, 6.45) is 0.505. The van der Waals surface area contributed by atoms with Crippen molar-refractivity contribution in [3.8, 4) is 0 Å². The molecule has 0 radical (unpaired) electrons. The standard InChI is InChI=1S/C16H11Cl3N4OS/c17-10-2-1-3-12(7-10)20-15(24)21-16-23-22-14(25-16)6-9-4-5-11(18)8-13(9)19/h1-5,7-8H,6H2,(H2,20,21,23,24). The average Bonchev–Trinajstić information content (AvgIpc) is 2.97. The highest BCUT2D eigenvalue weighted by Crippen LogP contribution is 2.25. The SMILES string of the molecule is O=C(Nc1cccc(Cl)c1)Nc1nnc(Cc2ccc(Cl)cc2Cl)s1. The van der Waals surface area contributed by atoms with Crippen molar-refractivity contribution >= 4 is 63.0 Å². The summed E-state index contributed by atoms with van der Waals surface area (Å²) in [5.74, 6) is 0. The Morgan fingerprint density at radius 2 is 1.80 bits per heavy atom. The van der Waals surface area contributed by atoms with E-state index >= 15 is 0 Å². The third-order valence-corrected chi connectivity index (χ3v) is 4.79. The molecule has 0 aliphatic rings. The van der Waals surface area contributed by atoms with E-state index in [-0.39, 0.29) is 0 Å². The van der Waals surface area contributed by atoms with Crippen LogP contribution in [0.1, 0.15) is 10.6 Å². The molecule has 9 heteroatoms. The topological polar surface area (TPSA) is 66.9 Å². The highest BCUT2D eigenvalue weighted by Gasteiger charge is 2.11. The lowest BCUT2D eigenvalue weighted by Crippen LogP contribution is -2.19. The molecule has 0 saturated heterocycles. The number of hydrogen-bond donors (Lipinski definition) is 2. The highest BCUT2D eigenvalue weighted by molar-refractivity contribution is 7.15. The first kappa shape index (κ1) is 17.9. The molecule has 0 bridgehead atoms. The first-order valence-electron chi connectivity index (χ1n) is 7.09. The van der Waals surface area contributed by atoms with Gasteiger partial charge in [0.1, 0.15) is 5.01 Å². The van der Waals surface area contributed by atoms with Crippen LogP contribution in [0.5, 0.6) is 0 Å². The smallest absolute Gasteiger partial charge is 0.308 e. The minimum absolute atomic E-state index is 0.389. The molecule has 0 aliphatic heterocycles. The number of halogens is 3. The predicted octanol–water partition coefficient (Wildman–Crippen LogP) is 5.73. The van der Waals surface area contributed by atoms with Crippen molar-refractivity contribution in [1.82, 2.24) is 10.2 Å². The zero-order valence-electron chi connectivity index (χ0n) is 12.6. The van der Waals surface area contributed by atoms with Crippen molar-refractivity contribution in [2.45, 2.75) is 6.42 Å². The van der Waals surface area contributed by atoms with Gasteiger partial charge in [0.15, 0.2) is 0 Å². The molecule has 0 saturated carbocycles. The van der Waals surface area contributed by atoms with Crippen molar-refractivity contribution in [1.29, 1.82) is 0 Å². The Hall–Kier alpha value is -1.86. The lowest BCUT2D eigenvalue weighted by atomic mass is 10.2. The molecule has 128 valence electrons. The number of hydrogen-bond acceptors (Lipinski definition) is 4. The molecule has 2 amide bonds. The van der Waals surface area contributed by atoms with Gasteiger partial charge in [-0.15, -0.1) is 10.2 Å². The number of aromatic nitrogens is 2. The van der Waals surface area contributed by atoms with Crippen LogP contribution in [0.2, 0.25) is 15.1 Å². The van der Waals surface area contributed by atoms with Gasteiger partial charge in [0, 0.05) is 27.2 Å². The Bertz CT molecular complexity index is 916. The average molecular weight is 414 g/mol. The van der Waals surface area contributed by atoms with Crippen LogP contribution >= 0.6 is 46.1 Å². The Kier molecular flexibility index (Phi) is 5.75. The van der Waals surface area contributed by atoms with Crippen LogP contribution in [-0.4, -0.2) is 16.2 Å². The molecule has 2 aromatic carbocycles. The van der Waals surface area contributed by atoms with Gasteiger partial charge in [0.05, 0.1) is 0 Å². The van der Waals surface area contributed by atoms with Crippen LogP contribution < -0.4 is 10.6 Å². The second-order valence-corrected chi connectivity index (χ2v) is 7.35. The van der Waals surface area contributed by atoms with Crippen LogP contribution in [0.25, 0.3) is 0 Å². The maximum absolute atomic E-state index is 12.0. The predicted molar refractivity (Wildman–Crippen MR) is 103 cm³/mol. The third kappa shape index (κ3) is 5.06. The largest absolute Gasteiger partial charge is 0.325 e. The summed E-state index contributed by atoms with van der Waals surface area (Å²) in [4.78, 5) is 12.0. The molecule has 3 aromatic rings. The summed E-state index contributed by atoms with van der Waals surface area (Å²) >= 11 is 19.2. The first-order chi connectivity index (χ1) is 12.0. The molecule has 1 heterocycles. The van der Waals surface area contributed by atoms with E-state index in [0.29, 0.717) is 32.3 Å². The van der Waals surface area contributed by atoms with Crippen LogP contribution in [0.4, 0.5) is 15.6 Å². The Morgan fingerprint density at radius 3 is 2.56 bits per heavy atom. The van der Waals surface area contributed by atoms with Crippen molar-refractivity contribution in [3.63, 3.8) is 0 Å². The third-order valence-electron chi connectivity index (χ3n) is 3.13. The number of nitrogens with one attached hydrogen (secondary N) is 2. The molecule has 3 rings (SSSR count). The summed E-state index contributed by atoms with van der Waals surface area (Å²) < 4.78 is 0. The summed E-state index contributed by atoms with van der Waals surface area (Å²) in [5, 5.41) is 16.1. The first-order valence-corrected chi connectivity index (χ1v) is 9.04. The molecule has 0 fully saturated rings. The fourth-order valence-electron chi connectivity index (χ4n) is 2.03. The Morgan fingerprint density at radius 1 is 1.00 bits per heavy atom. The van der Waals surface area contributed by atoms with Gasteiger partial charge in [-0.2, -0.15) is 0 Å². The molecule has 0 aliphatic carbocycles. The van der Waals surface area contributed by atoms with Gasteiger partial charge in [0.2, 0.25) is 5.13 Å². The van der Waals surface area contributed by atoms with Crippen LogP contribution in [0.15, 0.2) is 42.5 Å². The van der Waals surface area contributed by atoms with Crippen molar-refractivity contribution < 1.29 is 4.79 Å². The van der Waals surface area contributed by atoms with E-state index in [1.54, 1.807) is 36.4 Å². The fraction of sp³-hybridized carbons (Fsp3) is 0.0625. The zero-order valence-corrected chi connectivity index (χ0v) is 15.7. The van der Waals surface area contributed by atoms with Crippen LogP contribution in [0, 0.1) is 0 Å². The maximum atomic E-state index is 12.0. The second-order valence-electron chi connectivity index (χ2n) is 5.00. The highest BCUT2D eigenvalue weighted by atomic mass is 35.5. The van der Waals surface area contributed by atoms with E-state index in [4.69, 9.17) is 34.8 Å². The zero-order chi connectivity index (χ0) is 17.8. The van der Waals surface area contributed by atoms with E-state index in [9.17, 15) is 4.79 Å². The van der Waals surface area contributed by atoms with Gasteiger partial charge in [-0.1, -0.05) is 58.3 Å². The molecule has 0 atom stereocenters. The number of urea groups is 1. The van der Waals surface area contributed by atoms with Crippen molar-refractivity contribution in [3.05, 3.63) is 68.1 Å². The summed E-state index contributed by atoms with van der Waals surface area (Å²) in [6, 6.07) is 11.7. The number of nitrogens with zero attached hydrogens (tertiary/aromatic N) is 2. The maximum Gasteiger partial charge on any atom is 0.325 e. The number of benzene rings is 2. The van der Waals surface area contributed by atoms with E-state index in [1.807, 2.05) is 6.07 Å². The molecular formula is C16H11Cl3N4OS. The quantitative estimate of drug-likeness (QED) is 0.573. The van der Waals surface area contributed by atoms with Crippen LogP contribution in [0.3, 0.4) is 0 Å². The van der Waals surface area contributed by atoms with Gasteiger partial charge in [0.25, 0.3) is 0 Å². The lowest BCUT2D eigenvalue weighted by molar-refractivity contribution is 0.262. The van der Waals surface area contributed by atoms with Crippen LogP contribution in [-0.2, 0) is 6.42 Å². The van der Waals surface area contributed by atoms with Gasteiger partial charge >= 0.3 is 6.03 Å². The second kappa shape index (κ2) is 8.01. The van der Waals surface area contributed by atoms with Gasteiger partial charge in [-0.05, 0) is 35.9 Å². The molecule has 2 N–H and O–H groups in total. The summed E-state index contributed by atoms with van der Waals surface area (Å²) in [7, 11) is 0. The van der Waals surface area contributed by atoms with Gasteiger partial charge < -0.3 is 5.32 Å². The van der Waals surface area contributed by atoms with E-state index < -0.39 is 6.03 Å². The number of carbonyl (C=O) groups is 1. The molecule has 0 unspecified atom stereocenters. The number of amides is 2. The normalized spacial score (nSPS) is 10.5. The molecule has 25 heavy (non-hydrogen) atoms. The van der Waals surface area contributed by atoms with E-state index in [2.05, 4.69) is 20.8 Å². The van der Waals surface area contributed by atoms with Crippen molar-refractivity contribution in [2.75, 3.05) is 10.6 Å². The summed E-state index contributed by atoms with van der Waals surface area (Å²) in [6.45, 7) is 0. The lowest BCUT2D eigenvalue weighted by Gasteiger charge is -2.05. The molecule has 0 spiro atoms. The molecule has 5 nitrogen and oxygen atoms in total. The number of rotatable bonds is 4. The molecular weight excluding hydrogens is 403 g/mol. The number of anilines is 2.